The predicted octanol–water partition coefficient (Wildman–Crippen LogP) is 0.508. The Bertz CT molecular complexity index is 266. The fourth-order valence-corrected chi connectivity index (χ4v) is 1.43. The van der Waals surface area contributed by atoms with E-state index in [4.69, 9.17) is 10.2 Å². The van der Waals surface area contributed by atoms with Crippen molar-refractivity contribution >= 4 is 12.0 Å². The third kappa shape index (κ3) is 5.04. The average molecular weight is 246 g/mol. The summed E-state index contributed by atoms with van der Waals surface area (Å²) in [6, 6.07) is -1.47. The minimum absolute atomic E-state index is 0.0937. The van der Waals surface area contributed by atoms with Crippen molar-refractivity contribution in [3.8, 4) is 0 Å². The molecule has 1 atom stereocenters. The molecule has 0 heterocycles. The van der Waals surface area contributed by atoms with Crippen molar-refractivity contribution in [2.45, 2.75) is 39.8 Å². The van der Waals surface area contributed by atoms with Crippen LogP contribution < -0.4 is 5.32 Å². The van der Waals surface area contributed by atoms with Gasteiger partial charge in [0.1, 0.15) is 6.04 Å². The van der Waals surface area contributed by atoms with E-state index in [-0.39, 0.29) is 25.1 Å². The van der Waals surface area contributed by atoms with E-state index >= 15 is 0 Å². The van der Waals surface area contributed by atoms with Gasteiger partial charge in [-0.05, 0) is 19.8 Å². The lowest BCUT2D eigenvalue weighted by Crippen LogP contribution is -2.52. The molecule has 17 heavy (non-hydrogen) atoms. The molecule has 0 saturated carbocycles. The summed E-state index contributed by atoms with van der Waals surface area (Å²) in [7, 11) is 0. The van der Waals surface area contributed by atoms with Gasteiger partial charge in [0.2, 0.25) is 0 Å². The fraction of sp³-hybridized carbons (Fsp3) is 0.818. The first-order valence-corrected chi connectivity index (χ1v) is 5.72. The smallest absolute Gasteiger partial charge is 0.326 e. The number of aliphatic hydroxyl groups is 1. The van der Waals surface area contributed by atoms with Crippen molar-refractivity contribution in [3.63, 3.8) is 0 Å². The normalized spacial score (nSPS) is 12.6. The highest BCUT2D eigenvalue weighted by molar-refractivity contribution is 5.82. The van der Waals surface area contributed by atoms with Gasteiger partial charge in [0.25, 0.3) is 0 Å². The number of urea groups is 1. The zero-order chi connectivity index (χ0) is 13.6. The highest BCUT2D eigenvalue weighted by Crippen LogP contribution is 2.05. The summed E-state index contributed by atoms with van der Waals surface area (Å²) >= 11 is 0. The minimum Gasteiger partial charge on any atom is -0.480 e. The first kappa shape index (κ1) is 15.7. The number of nitrogens with one attached hydrogen (secondary N) is 1. The number of carbonyl (C=O) groups excluding carboxylic acids is 1. The molecule has 0 spiro atoms. The zero-order valence-corrected chi connectivity index (χ0v) is 10.8. The number of aliphatic carboxylic acids is 1. The maximum absolute atomic E-state index is 11.8. The Balaban J connectivity index is 4.62. The van der Waals surface area contributed by atoms with Gasteiger partial charge in [-0.1, -0.05) is 13.8 Å². The second kappa shape index (κ2) is 7.11. The minimum atomic E-state index is -1.05. The van der Waals surface area contributed by atoms with Crippen LogP contribution in [0.15, 0.2) is 0 Å². The van der Waals surface area contributed by atoms with Gasteiger partial charge in [0.15, 0.2) is 0 Å². The number of carbonyl (C=O) groups is 2. The molecule has 3 N–H and O–H groups in total. The molecule has 0 radical (unpaired) electrons. The van der Waals surface area contributed by atoms with E-state index in [0.717, 1.165) is 0 Å². The van der Waals surface area contributed by atoms with Crippen LogP contribution in [0.1, 0.15) is 27.7 Å². The van der Waals surface area contributed by atoms with Crippen molar-refractivity contribution < 1.29 is 19.8 Å². The molecule has 0 aromatic carbocycles. The van der Waals surface area contributed by atoms with E-state index in [1.165, 1.54) is 4.90 Å². The van der Waals surface area contributed by atoms with E-state index in [1.54, 1.807) is 27.7 Å². The Labute approximate surface area is 102 Å². The van der Waals surface area contributed by atoms with E-state index in [0.29, 0.717) is 0 Å². The molecule has 0 aliphatic carbocycles. The third-order valence-electron chi connectivity index (χ3n) is 2.44. The Morgan fingerprint density at radius 2 is 1.76 bits per heavy atom. The van der Waals surface area contributed by atoms with Gasteiger partial charge in [0, 0.05) is 12.6 Å². The number of aliphatic hydroxyl groups excluding tert-OH is 1. The van der Waals surface area contributed by atoms with Crippen LogP contribution in [-0.4, -0.2) is 52.3 Å². The molecule has 6 heteroatoms. The molecule has 0 bridgehead atoms. The van der Waals surface area contributed by atoms with Crippen molar-refractivity contribution in [2.75, 3.05) is 13.2 Å². The van der Waals surface area contributed by atoms with Crippen LogP contribution in [0.3, 0.4) is 0 Å². The van der Waals surface area contributed by atoms with Crippen LogP contribution >= 0.6 is 0 Å². The fourth-order valence-electron chi connectivity index (χ4n) is 1.43. The average Bonchev–Trinajstić information content (AvgIpc) is 2.20. The highest BCUT2D eigenvalue weighted by Gasteiger charge is 2.26. The number of carboxylic acids is 1. The van der Waals surface area contributed by atoms with Crippen molar-refractivity contribution in [1.82, 2.24) is 10.2 Å². The monoisotopic (exact) mass is 246 g/mol. The quantitative estimate of drug-likeness (QED) is 0.637. The molecule has 100 valence electrons. The molecular formula is C11H22N2O4. The maximum Gasteiger partial charge on any atom is 0.326 e. The van der Waals surface area contributed by atoms with Crippen LogP contribution in [0.25, 0.3) is 0 Å². The molecule has 0 unspecified atom stereocenters. The predicted molar refractivity (Wildman–Crippen MR) is 63.7 cm³/mol. The number of nitrogens with zero attached hydrogens (tertiary/aromatic N) is 1. The Morgan fingerprint density at radius 1 is 1.24 bits per heavy atom. The van der Waals surface area contributed by atoms with Gasteiger partial charge in [-0.25, -0.2) is 9.59 Å². The van der Waals surface area contributed by atoms with Crippen molar-refractivity contribution in [2.24, 2.45) is 5.92 Å². The van der Waals surface area contributed by atoms with E-state index in [9.17, 15) is 9.59 Å². The molecule has 0 aliphatic rings. The first-order chi connectivity index (χ1) is 7.81. The lowest BCUT2D eigenvalue weighted by atomic mass is 10.1. The second-order valence-corrected chi connectivity index (χ2v) is 4.52. The van der Waals surface area contributed by atoms with Gasteiger partial charge in [0.05, 0.1) is 6.61 Å². The van der Waals surface area contributed by atoms with Crippen LogP contribution in [0, 0.1) is 5.92 Å². The number of amides is 2. The van der Waals surface area contributed by atoms with Crippen LogP contribution in [0.5, 0.6) is 0 Å². The number of hydrogen-bond donors (Lipinski definition) is 3. The molecule has 0 aromatic heterocycles. The van der Waals surface area contributed by atoms with Gasteiger partial charge in [-0.15, -0.1) is 0 Å². The summed E-state index contributed by atoms with van der Waals surface area (Å²) in [4.78, 5) is 24.2. The Kier molecular flexibility index (Phi) is 6.57. The lowest BCUT2D eigenvalue weighted by Gasteiger charge is -2.28. The summed E-state index contributed by atoms with van der Waals surface area (Å²) in [5.74, 6) is -1.25. The summed E-state index contributed by atoms with van der Waals surface area (Å²) in [6.45, 7) is 7.11. The van der Waals surface area contributed by atoms with Crippen LogP contribution in [0.4, 0.5) is 4.79 Å². The number of carboxylic acid groups (broad SMARTS) is 1. The summed E-state index contributed by atoms with van der Waals surface area (Å²) < 4.78 is 0. The number of rotatable bonds is 6. The molecule has 0 aliphatic heterocycles. The Hall–Kier alpha value is -1.30. The van der Waals surface area contributed by atoms with Gasteiger partial charge in [-0.2, -0.15) is 0 Å². The second-order valence-electron chi connectivity index (χ2n) is 4.52. The van der Waals surface area contributed by atoms with Crippen LogP contribution in [0.2, 0.25) is 0 Å². The van der Waals surface area contributed by atoms with Gasteiger partial charge < -0.3 is 20.4 Å². The molecule has 0 aromatic rings. The standard InChI is InChI=1S/C11H22N2O4/c1-7(2)9(10(15)16)12-11(17)13(5-6-14)8(3)4/h7-9,14H,5-6H2,1-4H3,(H,12,17)(H,15,16)/t9-/m0/s1. The lowest BCUT2D eigenvalue weighted by molar-refractivity contribution is -0.140. The Morgan fingerprint density at radius 3 is 2.06 bits per heavy atom. The SMILES string of the molecule is CC(C)[C@H](NC(=O)N(CCO)C(C)C)C(=O)O. The van der Waals surface area contributed by atoms with Gasteiger partial charge in [-0.3, -0.25) is 0 Å². The highest BCUT2D eigenvalue weighted by atomic mass is 16.4. The van der Waals surface area contributed by atoms with E-state index < -0.39 is 18.0 Å². The van der Waals surface area contributed by atoms with E-state index in [2.05, 4.69) is 5.32 Å². The summed E-state index contributed by atoms with van der Waals surface area (Å²) in [5, 5.41) is 20.3. The summed E-state index contributed by atoms with van der Waals surface area (Å²) in [6.07, 6.45) is 0. The molecular weight excluding hydrogens is 224 g/mol. The molecule has 0 rings (SSSR count). The van der Waals surface area contributed by atoms with Crippen molar-refractivity contribution in [1.29, 1.82) is 0 Å². The number of hydrogen-bond acceptors (Lipinski definition) is 3. The molecule has 2 amide bonds. The largest absolute Gasteiger partial charge is 0.480 e. The molecule has 0 fully saturated rings. The first-order valence-electron chi connectivity index (χ1n) is 5.72. The topological polar surface area (TPSA) is 89.9 Å². The molecule has 0 saturated heterocycles. The third-order valence-corrected chi connectivity index (χ3v) is 2.44. The van der Waals surface area contributed by atoms with Gasteiger partial charge >= 0.3 is 12.0 Å². The summed E-state index contributed by atoms with van der Waals surface area (Å²) in [5.41, 5.74) is 0. The van der Waals surface area contributed by atoms with E-state index in [1.807, 2.05) is 0 Å². The van der Waals surface area contributed by atoms with Crippen LogP contribution in [-0.2, 0) is 4.79 Å². The van der Waals surface area contributed by atoms with Crippen molar-refractivity contribution in [3.05, 3.63) is 0 Å². The maximum atomic E-state index is 11.8. The zero-order valence-electron chi connectivity index (χ0n) is 10.8. The molecule has 6 nitrogen and oxygen atoms in total.